The number of hydrogen-bond acceptors (Lipinski definition) is 4. The van der Waals surface area contributed by atoms with Gasteiger partial charge in [-0.1, -0.05) is 6.07 Å². The molecule has 104 valence electrons. The summed E-state index contributed by atoms with van der Waals surface area (Å²) in [7, 11) is 0. The zero-order valence-electron chi connectivity index (χ0n) is 11.1. The Labute approximate surface area is 115 Å². The number of carbonyl (C=O) groups is 1. The van der Waals surface area contributed by atoms with E-state index in [0.717, 1.165) is 0 Å². The van der Waals surface area contributed by atoms with Crippen LogP contribution in [0.15, 0.2) is 35.4 Å². The lowest BCUT2D eigenvalue weighted by molar-refractivity contribution is 0.0571. The second-order valence-electron chi connectivity index (χ2n) is 5.38. The van der Waals surface area contributed by atoms with E-state index in [2.05, 4.69) is 4.98 Å². The Kier molecular flexibility index (Phi) is 2.83. The first-order valence-electron chi connectivity index (χ1n) is 6.46. The Morgan fingerprint density at radius 3 is 2.95 bits per heavy atom. The van der Waals surface area contributed by atoms with Gasteiger partial charge in [-0.05, 0) is 25.5 Å². The highest BCUT2D eigenvalue weighted by molar-refractivity contribution is 5.94. The number of aliphatic hydroxyl groups is 1. The fourth-order valence-electron chi connectivity index (χ4n) is 2.46. The molecule has 0 bridgehead atoms. The van der Waals surface area contributed by atoms with Crippen LogP contribution in [-0.2, 0) is 0 Å². The molecule has 6 heteroatoms. The Balaban J connectivity index is 2.01. The van der Waals surface area contributed by atoms with Gasteiger partial charge in [-0.2, -0.15) is 0 Å². The van der Waals surface area contributed by atoms with E-state index in [1.54, 1.807) is 31.3 Å². The van der Waals surface area contributed by atoms with Crippen LogP contribution in [-0.4, -0.2) is 44.0 Å². The SMILES string of the molecule is CC1(O)CCN(C(=O)c2cnc3ccccn3c2=O)C1. The number of nitrogens with zero attached hydrogens (tertiary/aromatic N) is 3. The maximum absolute atomic E-state index is 12.4. The Bertz CT molecular complexity index is 736. The van der Waals surface area contributed by atoms with Crippen LogP contribution in [0.2, 0.25) is 0 Å². The van der Waals surface area contributed by atoms with E-state index in [4.69, 9.17) is 0 Å². The smallest absolute Gasteiger partial charge is 0.270 e. The summed E-state index contributed by atoms with van der Waals surface area (Å²) in [6.07, 6.45) is 3.41. The molecule has 20 heavy (non-hydrogen) atoms. The highest BCUT2D eigenvalue weighted by Crippen LogP contribution is 2.21. The second-order valence-corrected chi connectivity index (χ2v) is 5.38. The second kappa shape index (κ2) is 4.42. The van der Waals surface area contributed by atoms with Gasteiger partial charge in [-0.25, -0.2) is 4.98 Å². The summed E-state index contributed by atoms with van der Waals surface area (Å²) in [6, 6.07) is 5.20. The van der Waals surface area contributed by atoms with Crippen LogP contribution in [0.3, 0.4) is 0 Å². The maximum Gasteiger partial charge on any atom is 0.270 e. The molecule has 0 radical (unpaired) electrons. The summed E-state index contributed by atoms with van der Waals surface area (Å²) >= 11 is 0. The first-order valence-corrected chi connectivity index (χ1v) is 6.46. The van der Waals surface area contributed by atoms with Crippen molar-refractivity contribution in [3.8, 4) is 0 Å². The molecule has 3 rings (SSSR count). The number of fused-ring (bicyclic) bond motifs is 1. The predicted molar refractivity (Wildman–Crippen MR) is 72.6 cm³/mol. The molecule has 1 aliphatic rings. The van der Waals surface area contributed by atoms with Gasteiger partial charge in [0.05, 0.1) is 5.60 Å². The van der Waals surface area contributed by atoms with E-state index in [1.165, 1.54) is 15.5 Å². The zero-order valence-corrected chi connectivity index (χ0v) is 11.1. The van der Waals surface area contributed by atoms with Crippen molar-refractivity contribution < 1.29 is 9.90 Å². The Hall–Kier alpha value is -2.21. The number of β-amino-alcohol motifs (C(OH)–C–C–N with tert-alkyl or cyclic N) is 1. The molecule has 1 amide bonds. The molecular weight excluding hydrogens is 258 g/mol. The first-order chi connectivity index (χ1) is 9.48. The average Bonchev–Trinajstić information content (AvgIpc) is 2.79. The molecule has 1 unspecified atom stereocenters. The molecular formula is C14H15N3O3. The maximum atomic E-state index is 12.4. The van der Waals surface area contributed by atoms with E-state index in [-0.39, 0.29) is 23.6 Å². The monoisotopic (exact) mass is 273 g/mol. The lowest BCUT2D eigenvalue weighted by atomic mass is 10.1. The highest BCUT2D eigenvalue weighted by atomic mass is 16.3. The van der Waals surface area contributed by atoms with Crippen LogP contribution < -0.4 is 5.56 Å². The summed E-state index contributed by atoms with van der Waals surface area (Å²) in [5.41, 5.74) is -0.725. The van der Waals surface area contributed by atoms with Crippen LogP contribution >= 0.6 is 0 Å². The summed E-state index contributed by atoms with van der Waals surface area (Å²) in [5.74, 6) is -0.376. The van der Waals surface area contributed by atoms with E-state index in [0.29, 0.717) is 18.6 Å². The van der Waals surface area contributed by atoms with Crippen LogP contribution in [0, 0.1) is 0 Å². The zero-order chi connectivity index (χ0) is 14.3. The number of likely N-dealkylation sites (tertiary alicyclic amines) is 1. The summed E-state index contributed by atoms with van der Waals surface area (Å²) in [5, 5.41) is 9.91. The van der Waals surface area contributed by atoms with E-state index < -0.39 is 5.60 Å². The minimum Gasteiger partial charge on any atom is -0.388 e. The molecule has 1 N–H and O–H groups in total. The number of hydrogen-bond donors (Lipinski definition) is 1. The number of rotatable bonds is 1. The van der Waals surface area contributed by atoms with Gasteiger partial charge >= 0.3 is 0 Å². The molecule has 1 saturated heterocycles. The molecule has 6 nitrogen and oxygen atoms in total. The normalized spacial score (nSPS) is 22.4. The van der Waals surface area contributed by atoms with Gasteiger partial charge in [0.2, 0.25) is 0 Å². The lowest BCUT2D eigenvalue weighted by Gasteiger charge is -2.18. The number of aromatic nitrogens is 2. The highest BCUT2D eigenvalue weighted by Gasteiger charge is 2.35. The molecule has 0 aromatic carbocycles. The fraction of sp³-hybridized carbons (Fsp3) is 0.357. The third-order valence-electron chi connectivity index (χ3n) is 3.58. The minimum atomic E-state index is -0.879. The average molecular weight is 273 g/mol. The van der Waals surface area contributed by atoms with Crippen LogP contribution in [0.25, 0.3) is 5.65 Å². The third kappa shape index (κ3) is 2.08. The number of carbonyl (C=O) groups excluding carboxylic acids is 1. The molecule has 2 aromatic heterocycles. The molecule has 0 aliphatic carbocycles. The Morgan fingerprint density at radius 2 is 2.25 bits per heavy atom. The van der Waals surface area contributed by atoms with Gasteiger partial charge in [0.15, 0.2) is 0 Å². The molecule has 0 spiro atoms. The van der Waals surface area contributed by atoms with Crippen molar-refractivity contribution in [2.45, 2.75) is 18.9 Å². The van der Waals surface area contributed by atoms with Crippen LogP contribution in [0.5, 0.6) is 0 Å². The van der Waals surface area contributed by atoms with Crippen molar-refractivity contribution in [3.63, 3.8) is 0 Å². The summed E-state index contributed by atoms with van der Waals surface area (Å²) in [6.45, 7) is 2.37. The minimum absolute atomic E-state index is 0.0337. The Morgan fingerprint density at radius 1 is 1.45 bits per heavy atom. The number of pyridine rings is 1. The summed E-state index contributed by atoms with van der Waals surface area (Å²) < 4.78 is 1.35. The van der Waals surface area contributed by atoms with Crippen molar-refractivity contribution >= 4 is 11.6 Å². The number of amides is 1. The van der Waals surface area contributed by atoms with Crippen LogP contribution in [0.4, 0.5) is 0 Å². The van der Waals surface area contributed by atoms with E-state index in [9.17, 15) is 14.7 Å². The largest absolute Gasteiger partial charge is 0.388 e. The van der Waals surface area contributed by atoms with Crippen molar-refractivity contribution in [2.75, 3.05) is 13.1 Å². The summed E-state index contributed by atoms with van der Waals surface area (Å²) in [4.78, 5) is 30.3. The van der Waals surface area contributed by atoms with E-state index in [1.807, 2.05) is 0 Å². The van der Waals surface area contributed by atoms with Crippen molar-refractivity contribution in [1.82, 2.24) is 14.3 Å². The van der Waals surface area contributed by atoms with Gasteiger partial charge < -0.3 is 10.0 Å². The predicted octanol–water partition coefficient (Wildman–Crippen LogP) is 0.291. The fourth-order valence-corrected chi connectivity index (χ4v) is 2.46. The van der Waals surface area contributed by atoms with Crippen LogP contribution in [0.1, 0.15) is 23.7 Å². The topological polar surface area (TPSA) is 74.9 Å². The van der Waals surface area contributed by atoms with Gasteiger partial charge in [0.25, 0.3) is 11.5 Å². The van der Waals surface area contributed by atoms with E-state index >= 15 is 0 Å². The standard InChI is InChI=1S/C14H15N3O3/c1-14(20)5-7-16(9-14)12(18)10-8-15-11-4-2-3-6-17(11)13(10)19/h2-4,6,8,20H,5,7,9H2,1H3. The van der Waals surface area contributed by atoms with Gasteiger partial charge in [0.1, 0.15) is 11.2 Å². The van der Waals surface area contributed by atoms with Crippen molar-refractivity contribution in [3.05, 3.63) is 46.5 Å². The van der Waals surface area contributed by atoms with Gasteiger partial charge in [-0.3, -0.25) is 14.0 Å². The lowest BCUT2D eigenvalue weighted by Crippen LogP contribution is -2.37. The van der Waals surface area contributed by atoms with Gasteiger partial charge in [-0.15, -0.1) is 0 Å². The third-order valence-corrected chi connectivity index (χ3v) is 3.58. The quantitative estimate of drug-likeness (QED) is 0.810. The molecule has 1 aliphatic heterocycles. The molecule has 1 atom stereocenters. The molecule has 2 aromatic rings. The molecule has 1 fully saturated rings. The van der Waals surface area contributed by atoms with Gasteiger partial charge in [0, 0.05) is 25.5 Å². The molecule has 3 heterocycles. The molecule has 0 saturated carbocycles. The first kappa shape index (κ1) is 12.8. The van der Waals surface area contributed by atoms with Crippen molar-refractivity contribution in [2.24, 2.45) is 0 Å². The van der Waals surface area contributed by atoms with Crippen molar-refractivity contribution in [1.29, 1.82) is 0 Å².